The molecule has 4 rings (SSSR count). The Kier molecular flexibility index (Phi) is 5.74. The SMILES string of the molecule is Cc1ccccc1N1C(=O)c2ccc(C(=O)OC(C)C(=O)Nc3cccc(F)c3)cc2C1=O. The maximum atomic E-state index is 13.3. The van der Waals surface area contributed by atoms with Crippen LogP contribution in [0.1, 0.15) is 43.6 Å². The van der Waals surface area contributed by atoms with Gasteiger partial charge in [0.1, 0.15) is 5.82 Å². The van der Waals surface area contributed by atoms with Crippen molar-refractivity contribution >= 4 is 35.1 Å². The second kappa shape index (κ2) is 8.66. The highest BCUT2D eigenvalue weighted by molar-refractivity contribution is 6.35. The molecule has 0 aromatic heterocycles. The molecule has 0 saturated carbocycles. The number of halogens is 1. The van der Waals surface area contributed by atoms with Gasteiger partial charge in [0.05, 0.1) is 22.4 Å². The van der Waals surface area contributed by atoms with E-state index >= 15 is 0 Å². The van der Waals surface area contributed by atoms with Gasteiger partial charge in [0.2, 0.25) is 0 Å². The maximum Gasteiger partial charge on any atom is 0.338 e. The zero-order valence-electron chi connectivity index (χ0n) is 17.8. The average molecular weight is 446 g/mol. The van der Waals surface area contributed by atoms with E-state index in [1.54, 1.807) is 31.2 Å². The number of nitrogens with zero attached hydrogens (tertiary/aromatic N) is 1. The Morgan fingerprint density at radius 2 is 1.67 bits per heavy atom. The van der Waals surface area contributed by atoms with E-state index in [4.69, 9.17) is 4.74 Å². The molecule has 3 amide bonds. The summed E-state index contributed by atoms with van der Waals surface area (Å²) >= 11 is 0. The number of hydrogen-bond donors (Lipinski definition) is 1. The fraction of sp³-hybridized carbons (Fsp3) is 0.120. The van der Waals surface area contributed by atoms with Crippen LogP contribution in [0.2, 0.25) is 0 Å². The molecule has 0 fully saturated rings. The van der Waals surface area contributed by atoms with Gasteiger partial charge >= 0.3 is 5.97 Å². The Morgan fingerprint density at radius 3 is 2.39 bits per heavy atom. The highest BCUT2D eigenvalue weighted by Gasteiger charge is 2.38. The number of ether oxygens (including phenoxy) is 1. The first-order chi connectivity index (χ1) is 15.8. The molecule has 3 aromatic carbocycles. The molecular formula is C25H19FN2O5. The number of imide groups is 1. The number of para-hydroxylation sites is 1. The van der Waals surface area contributed by atoms with Crippen molar-refractivity contribution in [3.8, 4) is 0 Å². The number of amides is 3. The molecule has 8 heteroatoms. The highest BCUT2D eigenvalue weighted by atomic mass is 19.1. The number of fused-ring (bicyclic) bond motifs is 1. The van der Waals surface area contributed by atoms with Gasteiger partial charge in [-0.15, -0.1) is 0 Å². The summed E-state index contributed by atoms with van der Waals surface area (Å²) in [5, 5.41) is 2.46. The van der Waals surface area contributed by atoms with Crippen molar-refractivity contribution < 1.29 is 28.3 Å². The summed E-state index contributed by atoms with van der Waals surface area (Å²) in [5.41, 5.74) is 1.72. The fourth-order valence-corrected chi connectivity index (χ4v) is 3.49. The molecule has 0 radical (unpaired) electrons. The molecule has 1 N–H and O–H groups in total. The third-order valence-corrected chi connectivity index (χ3v) is 5.22. The van der Waals surface area contributed by atoms with E-state index in [2.05, 4.69) is 5.32 Å². The van der Waals surface area contributed by atoms with Gasteiger partial charge in [-0.1, -0.05) is 24.3 Å². The van der Waals surface area contributed by atoms with E-state index in [0.29, 0.717) is 5.69 Å². The number of hydrogen-bond acceptors (Lipinski definition) is 5. The number of benzene rings is 3. The van der Waals surface area contributed by atoms with Crippen molar-refractivity contribution in [2.75, 3.05) is 10.2 Å². The number of carbonyl (C=O) groups excluding carboxylic acids is 4. The van der Waals surface area contributed by atoms with Gasteiger partial charge in [0.15, 0.2) is 6.10 Å². The molecule has 33 heavy (non-hydrogen) atoms. The summed E-state index contributed by atoms with van der Waals surface area (Å²) in [6.07, 6.45) is -1.19. The topological polar surface area (TPSA) is 92.8 Å². The summed E-state index contributed by atoms with van der Waals surface area (Å²) in [6.45, 7) is 3.16. The Morgan fingerprint density at radius 1 is 0.939 bits per heavy atom. The van der Waals surface area contributed by atoms with Crippen LogP contribution in [0, 0.1) is 12.7 Å². The van der Waals surface area contributed by atoms with Crippen LogP contribution in [0.25, 0.3) is 0 Å². The van der Waals surface area contributed by atoms with Crippen molar-refractivity contribution in [1.29, 1.82) is 0 Å². The summed E-state index contributed by atoms with van der Waals surface area (Å²) in [7, 11) is 0. The smallest absolute Gasteiger partial charge is 0.338 e. The van der Waals surface area contributed by atoms with Crippen LogP contribution in [0.4, 0.5) is 15.8 Å². The molecular weight excluding hydrogens is 427 g/mol. The number of esters is 1. The minimum Gasteiger partial charge on any atom is -0.449 e. The maximum absolute atomic E-state index is 13.3. The third-order valence-electron chi connectivity index (χ3n) is 5.22. The van der Waals surface area contributed by atoms with Gasteiger partial charge in [0.25, 0.3) is 17.7 Å². The van der Waals surface area contributed by atoms with Gasteiger partial charge in [-0.2, -0.15) is 0 Å². The lowest BCUT2D eigenvalue weighted by Crippen LogP contribution is -2.30. The first kappa shape index (κ1) is 21.9. The molecule has 3 aromatic rings. The zero-order valence-corrected chi connectivity index (χ0v) is 17.8. The lowest BCUT2D eigenvalue weighted by atomic mass is 10.1. The van der Waals surface area contributed by atoms with Gasteiger partial charge in [-0.25, -0.2) is 14.1 Å². The van der Waals surface area contributed by atoms with Crippen molar-refractivity contribution in [3.63, 3.8) is 0 Å². The molecule has 7 nitrogen and oxygen atoms in total. The van der Waals surface area contributed by atoms with E-state index in [9.17, 15) is 23.6 Å². The van der Waals surface area contributed by atoms with Crippen LogP contribution in [0.15, 0.2) is 66.7 Å². The average Bonchev–Trinajstić information content (AvgIpc) is 3.03. The number of rotatable bonds is 5. The first-order valence-electron chi connectivity index (χ1n) is 10.1. The van der Waals surface area contributed by atoms with Crippen LogP contribution in [-0.2, 0) is 9.53 Å². The van der Waals surface area contributed by atoms with Crippen LogP contribution < -0.4 is 10.2 Å². The molecule has 1 aliphatic rings. The number of anilines is 2. The van der Waals surface area contributed by atoms with Gasteiger partial charge in [-0.05, 0) is 61.9 Å². The molecule has 1 heterocycles. The van der Waals surface area contributed by atoms with Crippen molar-refractivity contribution in [2.45, 2.75) is 20.0 Å². The standard InChI is InChI=1S/C25H19FN2O5/c1-14-6-3-4-9-21(14)28-23(30)19-11-10-16(12-20(19)24(28)31)25(32)33-15(2)22(29)27-18-8-5-7-17(26)13-18/h3-13,15H,1-2H3,(H,27,29). The predicted molar refractivity (Wildman–Crippen MR) is 119 cm³/mol. The Hall–Kier alpha value is -4.33. The molecule has 1 atom stereocenters. The van der Waals surface area contributed by atoms with Crippen LogP contribution in [0.5, 0.6) is 0 Å². The molecule has 0 bridgehead atoms. The Balaban J connectivity index is 1.50. The van der Waals surface area contributed by atoms with E-state index in [-0.39, 0.29) is 22.4 Å². The largest absolute Gasteiger partial charge is 0.449 e. The monoisotopic (exact) mass is 446 g/mol. The van der Waals surface area contributed by atoms with Crippen molar-refractivity contribution in [2.24, 2.45) is 0 Å². The summed E-state index contributed by atoms with van der Waals surface area (Å²) in [5.74, 6) is -3.03. The van der Waals surface area contributed by atoms with E-state index in [0.717, 1.165) is 16.5 Å². The third kappa shape index (κ3) is 4.23. The minimum atomic E-state index is -1.19. The molecule has 1 unspecified atom stereocenters. The van der Waals surface area contributed by atoms with Crippen LogP contribution in [-0.4, -0.2) is 29.8 Å². The fourth-order valence-electron chi connectivity index (χ4n) is 3.49. The molecule has 0 aliphatic carbocycles. The van der Waals surface area contributed by atoms with Gasteiger partial charge in [0, 0.05) is 5.69 Å². The summed E-state index contributed by atoms with van der Waals surface area (Å²) in [6, 6.07) is 16.3. The lowest BCUT2D eigenvalue weighted by molar-refractivity contribution is -0.123. The van der Waals surface area contributed by atoms with E-state index in [1.165, 1.54) is 43.3 Å². The normalized spacial score (nSPS) is 13.5. The molecule has 166 valence electrons. The number of carbonyl (C=O) groups is 4. The van der Waals surface area contributed by atoms with E-state index in [1.807, 2.05) is 0 Å². The second-order valence-corrected chi connectivity index (χ2v) is 7.54. The lowest BCUT2D eigenvalue weighted by Gasteiger charge is -2.16. The van der Waals surface area contributed by atoms with E-state index < -0.39 is 35.6 Å². The predicted octanol–water partition coefficient (Wildman–Crippen LogP) is 4.12. The first-order valence-corrected chi connectivity index (χ1v) is 10.1. The Bertz CT molecular complexity index is 1300. The number of aryl methyl sites for hydroxylation is 1. The molecule has 1 aliphatic heterocycles. The zero-order chi connectivity index (χ0) is 23.7. The van der Waals surface area contributed by atoms with Crippen LogP contribution >= 0.6 is 0 Å². The summed E-state index contributed by atoms with van der Waals surface area (Å²) in [4.78, 5) is 51.7. The second-order valence-electron chi connectivity index (χ2n) is 7.54. The molecule has 0 spiro atoms. The van der Waals surface area contributed by atoms with Crippen LogP contribution in [0.3, 0.4) is 0 Å². The number of nitrogens with one attached hydrogen (secondary N) is 1. The Labute approximate surface area is 188 Å². The molecule has 0 saturated heterocycles. The minimum absolute atomic E-state index is 0.0203. The van der Waals surface area contributed by atoms with Gasteiger partial charge in [-0.3, -0.25) is 14.4 Å². The highest BCUT2D eigenvalue weighted by Crippen LogP contribution is 2.31. The van der Waals surface area contributed by atoms with Crippen molar-refractivity contribution in [1.82, 2.24) is 0 Å². The quantitative estimate of drug-likeness (QED) is 0.470. The van der Waals surface area contributed by atoms with Gasteiger partial charge < -0.3 is 10.1 Å². The van der Waals surface area contributed by atoms with Crippen molar-refractivity contribution in [3.05, 3.63) is 94.8 Å². The summed E-state index contributed by atoms with van der Waals surface area (Å²) < 4.78 is 18.5.